The molecule has 2 aliphatic heterocycles. The van der Waals surface area contributed by atoms with Crippen LogP contribution in [0.5, 0.6) is 5.75 Å². The van der Waals surface area contributed by atoms with Crippen molar-refractivity contribution in [1.82, 2.24) is 14.0 Å². The summed E-state index contributed by atoms with van der Waals surface area (Å²) in [6, 6.07) is 15.3. The van der Waals surface area contributed by atoms with Gasteiger partial charge in [0.25, 0.3) is 5.56 Å². The number of carboxylic acid groups (broad SMARTS) is 1. The maximum absolute atomic E-state index is 12.3. The molecule has 198 valence electrons. The Hall–Kier alpha value is -4.11. The number of fused-ring (bicyclic) bond motifs is 2. The van der Waals surface area contributed by atoms with Crippen LogP contribution in [0.25, 0.3) is 5.57 Å². The van der Waals surface area contributed by atoms with Gasteiger partial charge in [0.05, 0.1) is 6.42 Å². The molecule has 3 heterocycles. The Morgan fingerprint density at radius 1 is 0.974 bits per heavy atom. The molecule has 1 aromatic heterocycles. The summed E-state index contributed by atoms with van der Waals surface area (Å²) in [4.78, 5) is 40.3. The SMILES string of the molecule is Cn1c(N2CCN(CC/C=C3\c4ccccc4COc4ccc(CC(=O)O)cc43)CC2)cc(=O)n(C)c1=O. The van der Waals surface area contributed by atoms with Crippen molar-refractivity contribution in [3.05, 3.63) is 97.7 Å². The molecule has 9 heteroatoms. The molecule has 0 amide bonds. The van der Waals surface area contributed by atoms with Crippen LogP contribution >= 0.6 is 0 Å². The molecule has 0 aliphatic carbocycles. The summed E-state index contributed by atoms with van der Waals surface area (Å²) in [6.07, 6.45) is 3.01. The molecule has 2 aliphatic rings. The smallest absolute Gasteiger partial charge is 0.332 e. The Labute approximate surface area is 220 Å². The fourth-order valence-corrected chi connectivity index (χ4v) is 5.24. The lowest BCUT2D eigenvalue weighted by molar-refractivity contribution is -0.136. The van der Waals surface area contributed by atoms with Gasteiger partial charge in [-0.3, -0.25) is 23.6 Å². The number of hydrogen-bond acceptors (Lipinski definition) is 6. The second-order valence-corrected chi connectivity index (χ2v) is 9.82. The van der Waals surface area contributed by atoms with Crippen LogP contribution in [0.1, 0.15) is 28.7 Å². The van der Waals surface area contributed by atoms with Gasteiger partial charge in [0.2, 0.25) is 0 Å². The monoisotopic (exact) mass is 516 g/mol. The average molecular weight is 517 g/mol. The van der Waals surface area contributed by atoms with Crippen molar-refractivity contribution < 1.29 is 14.6 Å². The van der Waals surface area contributed by atoms with Crippen LogP contribution in [0.2, 0.25) is 0 Å². The molecule has 1 fully saturated rings. The first kappa shape index (κ1) is 25.5. The first-order valence-corrected chi connectivity index (χ1v) is 12.8. The van der Waals surface area contributed by atoms with Crippen molar-refractivity contribution >= 4 is 17.4 Å². The Balaban J connectivity index is 1.32. The van der Waals surface area contributed by atoms with Crippen LogP contribution in [-0.2, 0) is 31.9 Å². The number of ether oxygens (including phenoxy) is 1. The van der Waals surface area contributed by atoms with Gasteiger partial charge in [0.15, 0.2) is 0 Å². The third-order valence-corrected chi connectivity index (χ3v) is 7.37. The standard InChI is InChI=1S/C29H32N4O5/c1-30-26(18-27(34)31(2)29(30)37)33-14-12-32(13-15-33)11-5-8-23-22-7-4-3-6-21(22)19-38-25-10-9-20(16-24(23)25)17-28(35)36/h3-4,6-10,16,18H,5,11-15,17,19H2,1-2H3,(H,35,36)/b23-8+. The second kappa shape index (κ2) is 10.7. The van der Waals surface area contributed by atoms with E-state index in [1.54, 1.807) is 7.05 Å². The van der Waals surface area contributed by atoms with Gasteiger partial charge in [-0.05, 0) is 40.8 Å². The molecule has 1 N–H and O–H groups in total. The number of carbonyl (C=O) groups is 1. The molecule has 0 saturated carbocycles. The number of piperazine rings is 1. The molecule has 38 heavy (non-hydrogen) atoms. The van der Waals surface area contributed by atoms with Crippen LogP contribution in [-0.4, -0.2) is 57.8 Å². The van der Waals surface area contributed by atoms with Crippen molar-refractivity contribution in [3.63, 3.8) is 0 Å². The second-order valence-electron chi connectivity index (χ2n) is 9.82. The summed E-state index contributed by atoms with van der Waals surface area (Å²) in [5.41, 5.74) is 4.32. The van der Waals surface area contributed by atoms with E-state index in [1.807, 2.05) is 30.3 Å². The molecule has 2 aromatic carbocycles. The van der Waals surface area contributed by atoms with Gasteiger partial charge in [-0.25, -0.2) is 4.79 Å². The normalized spacial score (nSPS) is 16.5. The summed E-state index contributed by atoms with van der Waals surface area (Å²) < 4.78 is 8.75. The summed E-state index contributed by atoms with van der Waals surface area (Å²) in [6.45, 7) is 4.44. The number of benzene rings is 2. The molecular formula is C29H32N4O5. The zero-order chi connectivity index (χ0) is 26.8. The summed E-state index contributed by atoms with van der Waals surface area (Å²) in [7, 11) is 3.19. The zero-order valence-electron chi connectivity index (χ0n) is 21.7. The van der Waals surface area contributed by atoms with E-state index in [4.69, 9.17) is 4.74 Å². The largest absolute Gasteiger partial charge is 0.488 e. The minimum absolute atomic E-state index is 0.0361. The molecule has 0 spiro atoms. The Morgan fingerprint density at radius 3 is 2.50 bits per heavy atom. The predicted octanol–water partition coefficient (Wildman–Crippen LogP) is 2.25. The summed E-state index contributed by atoms with van der Waals surface area (Å²) in [5, 5.41) is 9.29. The van der Waals surface area contributed by atoms with Crippen molar-refractivity contribution in [2.45, 2.75) is 19.4 Å². The Morgan fingerprint density at radius 2 is 1.74 bits per heavy atom. The van der Waals surface area contributed by atoms with Gasteiger partial charge in [0, 0.05) is 58.4 Å². The maximum Gasteiger partial charge on any atom is 0.332 e. The molecule has 0 unspecified atom stereocenters. The van der Waals surface area contributed by atoms with E-state index in [-0.39, 0.29) is 17.7 Å². The van der Waals surface area contributed by atoms with E-state index in [9.17, 15) is 19.5 Å². The zero-order valence-corrected chi connectivity index (χ0v) is 21.7. The van der Waals surface area contributed by atoms with Crippen molar-refractivity contribution in [2.24, 2.45) is 14.1 Å². The van der Waals surface area contributed by atoms with E-state index in [2.05, 4.69) is 28.0 Å². The highest BCUT2D eigenvalue weighted by molar-refractivity contribution is 5.85. The van der Waals surface area contributed by atoms with Gasteiger partial charge >= 0.3 is 11.7 Å². The van der Waals surface area contributed by atoms with Gasteiger partial charge in [-0.2, -0.15) is 0 Å². The lowest BCUT2D eigenvalue weighted by Gasteiger charge is -2.36. The van der Waals surface area contributed by atoms with Crippen molar-refractivity contribution in [3.8, 4) is 5.75 Å². The third-order valence-electron chi connectivity index (χ3n) is 7.37. The lowest BCUT2D eigenvalue weighted by atomic mass is 9.92. The van der Waals surface area contributed by atoms with Crippen molar-refractivity contribution in [2.75, 3.05) is 37.6 Å². The minimum atomic E-state index is -0.861. The van der Waals surface area contributed by atoms with Gasteiger partial charge in [0.1, 0.15) is 18.2 Å². The van der Waals surface area contributed by atoms with Crippen LogP contribution in [0.4, 0.5) is 5.82 Å². The van der Waals surface area contributed by atoms with E-state index in [0.29, 0.717) is 12.4 Å². The highest BCUT2D eigenvalue weighted by atomic mass is 16.5. The summed E-state index contributed by atoms with van der Waals surface area (Å²) in [5.74, 6) is 0.555. The van der Waals surface area contributed by atoms with Crippen LogP contribution in [0, 0.1) is 0 Å². The van der Waals surface area contributed by atoms with Crippen LogP contribution in [0.3, 0.4) is 0 Å². The predicted molar refractivity (Wildman–Crippen MR) is 146 cm³/mol. The quantitative estimate of drug-likeness (QED) is 0.537. The van der Waals surface area contributed by atoms with E-state index >= 15 is 0 Å². The van der Waals surface area contributed by atoms with Gasteiger partial charge < -0.3 is 14.7 Å². The number of rotatable bonds is 6. The Kier molecular flexibility index (Phi) is 7.20. The number of hydrogen-bond donors (Lipinski definition) is 1. The lowest BCUT2D eigenvalue weighted by Crippen LogP contribution is -2.49. The van der Waals surface area contributed by atoms with E-state index in [0.717, 1.165) is 77.3 Å². The molecular weight excluding hydrogens is 484 g/mol. The van der Waals surface area contributed by atoms with E-state index < -0.39 is 5.97 Å². The average Bonchev–Trinajstić information content (AvgIpc) is 3.06. The molecule has 5 rings (SSSR count). The highest BCUT2D eigenvalue weighted by Crippen LogP contribution is 2.37. The molecule has 0 radical (unpaired) electrons. The third kappa shape index (κ3) is 5.15. The number of anilines is 1. The molecule has 0 atom stereocenters. The fraction of sp³-hybridized carbons (Fsp3) is 0.345. The first-order valence-electron chi connectivity index (χ1n) is 12.8. The van der Waals surface area contributed by atoms with Crippen LogP contribution < -0.4 is 20.9 Å². The van der Waals surface area contributed by atoms with Gasteiger partial charge in [-0.15, -0.1) is 0 Å². The van der Waals surface area contributed by atoms with E-state index in [1.165, 1.54) is 17.7 Å². The minimum Gasteiger partial charge on any atom is -0.488 e. The molecule has 9 nitrogen and oxygen atoms in total. The molecule has 3 aromatic rings. The topological polar surface area (TPSA) is 97.0 Å². The highest BCUT2D eigenvalue weighted by Gasteiger charge is 2.22. The number of carboxylic acids is 1. The maximum atomic E-state index is 12.3. The number of aliphatic carboxylic acids is 1. The molecule has 1 saturated heterocycles. The van der Waals surface area contributed by atoms with Gasteiger partial charge in [-0.1, -0.05) is 36.4 Å². The summed E-state index contributed by atoms with van der Waals surface area (Å²) >= 11 is 0. The Bertz CT molecular complexity index is 1510. The molecule has 0 bridgehead atoms. The number of aromatic nitrogens is 2. The fourth-order valence-electron chi connectivity index (χ4n) is 5.24. The number of nitrogens with zero attached hydrogens (tertiary/aromatic N) is 4. The van der Waals surface area contributed by atoms with Crippen LogP contribution in [0.15, 0.2) is 64.2 Å². The first-order chi connectivity index (χ1) is 18.3. The van der Waals surface area contributed by atoms with Crippen molar-refractivity contribution in [1.29, 1.82) is 0 Å².